The first-order valence-electron chi connectivity index (χ1n) is 7.56. The molecule has 1 heterocycles. The van der Waals surface area contributed by atoms with Crippen LogP contribution in [0.4, 0.5) is 0 Å². The summed E-state index contributed by atoms with van der Waals surface area (Å²) in [6, 6.07) is 0.862. The predicted octanol–water partition coefficient (Wildman–Crippen LogP) is 1.71. The molecule has 1 unspecified atom stereocenters. The summed E-state index contributed by atoms with van der Waals surface area (Å²) in [5.41, 5.74) is 6.00. The SMILES string of the molecule is CC(CN1CCCC1)NC(N)=NC1CCCCC1. The predicted molar refractivity (Wildman–Crippen MR) is 76.8 cm³/mol. The van der Waals surface area contributed by atoms with E-state index < -0.39 is 0 Å². The topological polar surface area (TPSA) is 53.6 Å². The molecule has 0 spiro atoms. The molecule has 4 nitrogen and oxygen atoms in total. The molecule has 18 heavy (non-hydrogen) atoms. The van der Waals surface area contributed by atoms with Crippen molar-refractivity contribution in [3.8, 4) is 0 Å². The van der Waals surface area contributed by atoms with E-state index in [1.807, 2.05) is 0 Å². The van der Waals surface area contributed by atoms with Gasteiger partial charge in [-0.25, -0.2) is 0 Å². The first-order chi connectivity index (χ1) is 8.74. The van der Waals surface area contributed by atoms with Crippen LogP contribution in [0.15, 0.2) is 4.99 Å². The molecule has 2 aliphatic rings. The lowest BCUT2D eigenvalue weighted by atomic mass is 9.96. The maximum Gasteiger partial charge on any atom is 0.189 e. The molecule has 2 fully saturated rings. The van der Waals surface area contributed by atoms with Gasteiger partial charge < -0.3 is 16.0 Å². The van der Waals surface area contributed by atoms with Crippen LogP contribution in [-0.4, -0.2) is 42.6 Å². The highest BCUT2D eigenvalue weighted by Crippen LogP contribution is 2.19. The van der Waals surface area contributed by atoms with Gasteiger partial charge in [0.15, 0.2) is 5.96 Å². The van der Waals surface area contributed by atoms with E-state index >= 15 is 0 Å². The molecule has 0 radical (unpaired) electrons. The van der Waals surface area contributed by atoms with E-state index in [-0.39, 0.29) is 0 Å². The van der Waals surface area contributed by atoms with Gasteiger partial charge >= 0.3 is 0 Å². The molecule has 104 valence electrons. The molecule has 3 N–H and O–H groups in total. The van der Waals surface area contributed by atoms with Crippen molar-refractivity contribution in [2.24, 2.45) is 10.7 Å². The van der Waals surface area contributed by atoms with Crippen LogP contribution >= 0.6 is 0 Å². The Kier molecular flexibility index (Phi) is 5.29. The number of nitrogens with zero attached hydrogens (tertiary/aromatic N) is 2. The van der Waals surface area contributed by atoms with E-state index in [1.165, 1.54) is 58.0 Å². The molecule has 0 amide bonds. The van der Waals surface area contributed by atoms with Gasteiger partial charge in [-0.05, 0) is 45.7 Å². The molecule has 1 atom stereocenters. The van der Waals surface area contributed by atoms with Gasteiger partial charge in [-0.1, -0.05) is 19.3 Å². The molecule has 1 saturated carbocycles. The summed E-state index contributed by atoms with van der Waals surface area (Å²) >= 11 is 0. The maximum absolute atomic E-state index is 6.00. The molecular weight excluding hydrogens is 224 g/mol. The van der Waals surface area contributed by atoms with Crippen LogP contribution in [0.2, 0.25) is 0 Å². The molecule has 2 rings (SSSR count). The second-order valence-corrected chi connectivity index (χ2v) is 5.86. The maximum atomic E-state index is 6.00. The van der Waals surface area contributed by atoms with Crippen LogP contribution in [0.25, 0.3) is 0 Å². The molecule has 0 aromatic heterocycles. The number of hydrogen-bond donors (Lipinski definition) is 2. The molecule has 4 heteroatoms. The summed E-state index contributed by atoms with van der Waals surface area (Å²) in [6.07, 6.45) is 9.10. The van der Waals surface area contributed by atoms with Gasteiger partial charge in [0.05, 0.1) is 6.04 Å². The highest BCUT2D eigenvalue weighted by molar-refractivity contribution is 5.78. The molecule has 0 aromatic rings. The molecule has 0 aromatic carbocycles. The van der Waals surface area contributed by atoms with E-state index in [1.54, 1.807) is 0 Å². The number of guanidine groups is 1. The van der Waals surface area contributed by atoms with E-state index in [9.17, 15) is 0 Å². The Morgan fingerprint density at radius 1 is 1.22 bits per heavy atom. The van der Waals surface area contributed by atoms with E-state index in [0.29, 0.717) is 18.0 Å². The van der Waals surface area contributed by atoms with Gasteiger partial charge in [0, 0.05) is 12.6 Å². The third-order valence-electron chi connectivity index (χ3n) is 4.02. The lowest BCUT2D eigenvalue weighted by Crippen LogP contribution is -2.45. The molecule has 1 aliphatic carbocycles. The molecule has 1 aliphatic heterocycles. The Labute approximate surface area is 111 Å². The zero-order valence-corrected chi connectivity index (χ0v) is 11.7. The van der Waals surface area contributed by atoms with Crippen LogP contribution in [0.1, 0.15) is 51.9 Å². The average Bonchev–Trinajstić information content (AvgIpc) is 2.82. The van der Waals surface area contributed by atoms with Crippen LogP contribution in [0.5, 0.6) is 0 Å². The zero-order valence-electron chi connectivity index (χ0n) is 11.7. The minimum Gasteiger partial charge on any atom is -0.370 e. The normalized spacial score (nSPS) is 25.3. The lowest BCUT2D eigenvalue weighted by Gasteiger charge is -2.23. The fourth-order valence-corrected chi connectivity index (χ4v) is 3.09. The second kappa shape index (κ2) is 6.98. The van der Waals surface area contributed by atoms with Crippen molar-refractivity contribution >= 4 is 5.96 Å². The Bertz CT molecular complexity index is 265. The Hall–Kier alpha value is -0.770. The van der Waals surface area contributed by atoms with Crippen molar-refractivity contribution < 1.29 is 0 Å². The van der Waals surface area contributed by atoms with Gasteiger partial charge in [-0.3, -0.25) is 4.99 Å². The third kappa shape index (κ3) is 4.48. The minimum atomic E-state index is 0.399. The lowest BCUT2D eigenvalue weighted by molar-refractivity contribution is 0.311. The van der Waals surface area contributed by atoms with E-state index in [2.05, 4.69) is 22.1 Å². The number of likely N-dealkylation sites (tertiary alicyclic amines) is 1. The standard InChI is InChI=1S/C14H28N4/c1-12(11-18-9-5-6-10-18)16-14(15)17-13-7-3-2-4-8-13/h12-13H,2-11H2,1H3,(H3,15,16,17). The fraction of sp³-hybridized carbons (Fsp3) is 0.929. The Balaban J connectivity index is 1.71. The Morgan fingerprint density at radius 3 is 2.56 bits per heavy atom. The summed E-state index contributed by atoms with van der Waals surface area (Å²) in [7, 11) is 0. The van der Waals surface area contributed by atoms with Gasteiger partial charge in [0.2, 0.25) is 0 Å². The highest BCUT2D eigenvalue weighted by Gasteiger charge is 2.16. The van der Waals surface area contributed by atoms with Crippen molar-refractivity contribution in [3.05, 3.63) is 0 Å². The summed E-state index contributed by atoms with van der Waals surface area (Å²) in [5.74, 6) is 0.647. The van der Waals surface area contributed by atoms with Crippen molar-refractivity contribution in [1.82, 2.24) is 10.2 Å². The largest absolute Gasteiger partial charge is 0.370 e. The smallest absolute Gasteiger partial charge is 0.189 e. The fourth-order valence-electron chi connectivity index (χ4n) is 3.09. The molecular formula is C14H28N4. The molecule has 0 bridgehead atoms. The number of nitrogens with two attached hydrogens (primary N) is 1. The van der Waals surface area contributed by atoms with Gasteiger partial charge in [0.25, 0.3) is 0 Å². The van der Waals surface area contributed by atoms with Crippen LogP contribution in [-0.2, 0) is 0 Å². The summed E-state index contributed by atoms with van der Waals surface area (Å²) in [6.45, 7) is 5.76. The van der Waals surface area contributed by atoms with Crippen molar-refractivity contribution in [2.45, 2.75) is 64.0 Å². The van der Waals surface area contributed by atoms with E-state index in [0.717, 1.165) is 6.54 Å². The Morgan fingerprint density at radius 2 is 1.89 bits per heavy atom. The van der Waals surface area contributed by atoms with Crippen molar-refractivity contribution in [1.29, 1.82) is 0 Å². The summed E-state index contributed by atoms with van der Waals surface area (Å²) in [4.78, 5) is 7.12. The quantitative estimate of drug-likeness (QED) is 0.591. The van der Waals surface area contributed by atoms with Gasteiger partial charge in [0.1, 0.15) is 0 Å². The van der Waals surface area contributed by atoms with Crippen molar-refractivity contribution in [2.75, 3.05) is 19.6 Å². The van der Waals surface area contributed by atoms with E-state index in [4.69, 9.17) is 5.73 Å². The number of hydrogen-bond acceptors (Lipinski definition) is 2. The summed E-state index contributed by atoms with van der Waals surface area (Å²) < 4.78 is 0. The average molecular weight is 252 g/mol. The minimum absolute atomic E-state index is 0.399. The first kappa shape index (κ1) is 13.7. The van der Waals surface area contributed by atoms with Crippen LogP contribution in [0, 0.1) is 0 Å². The number of aliphatic imine (C=N–C) groups is 1. The zero-order chi connectivity index (χ0) is 12.8. The monoisotopic (exact) mass is 252 g/mol. The number of rotatable bonds is 4. The van der Waals surface area contributed by atoms with Gasteiger partial charge in [-0.15, -0.1) is 0 Å². The first-order valence-corrected chi connectivity index (χ1v) is 7.56. The third-order valence-corrected chi connectivity index (χ3v) is 4.02. The highest BCUT2D eigenvalue weighted by atomic mass is 15.2. The van der Waals surface area contributed by atoms with Crippen LogP contribution in [0.3, 0.4) is 0 Å². The van der Waals surface area contributed by atoms with Gasteiger partial charge in [-0.2, -0.15) is 0 Å². The van der Waals surface area contributed by atoms with Crippen LogP contribution < -0.4 is 11.1 Å². The summed E-state index contributed by atoms with van der Waals surface area (Å²) in [5, 5.41) is 3.34. The number of nitrogens with one attached hydrogen (secondary N) is 1. The molecule has 1 saturated heterocycles. The second-order valence-electron chi connectivity index (χ2n) is 5.86. The van der Waals surface area contributed by atoms with Crippen molar-refractivity contribution in [3.63, 3.8) is 0 Å².